The van der Waals surface area contributed by atoms with Gasteiger partial charge >= 0.3 is 11.9 Å². The molecule has 2 rings (SSSR count). The molecule has 0 spiro atoms. The molecule has 2 N–H and O–H groups in total. The quantitative estimate of drug-likeness (QED) is 0.888. The maximum atomic E-state index is 11.1. The van der Waals surface area contributed by atoms with Gasteiger partial charge in [0.05, 0.1) is 16.3 Å². The Morgan fingerprint density at radius 3 is 2.22 bits per heavy atom. The third kappa shape index (κ3) is 2.23. The lowest BCUT2D eigenvalue weighted by molar-refractivity contribution is 0.0688. The molecule has 1 heterocycles. The summed E-state index contributed by atoms with van der Waals surface area (Å²) in [4.78, 5) is 26.1. The molecule has 0 bridgehead atoms. The number of aromatic carboxylic acids is 2. The molecule has 2 aromatic rings. The van der Waals surface area contributed by atoms with Gasteiger partial charge in [0.25, 0.3) is 0 Å². The molecule has 92 valence electrons. The van der Waals surface area contributed by atoms with Crippen LogP contribution >= 0.6 is 11.3 Å². The number of carboxylic acids is 2. The third-order valence-corrected chi connectivity index (χ3v) is 3.29. The molecule has 0 atom stereocenters. The minimum atomic E-state index is -1.03. The van der Waals surface area contributed by atoms with Crippen molar-refractivity contribution in [2.45, 2.75) is 6.92 Å². The van der Waals surface area contributed by atoms with Crippen LogP contribution in [0.2, 0.25) is 0 Å². The van der Waals surface area contributed by atoms with Crippen LogP contribution in [0.3, 0.4) is 0 Å². The van der Waals surface area contributed by atoms with Crippen molar-refractivity contribution in [1.29, 1.82) is 0 Å². The maximum Gasteiger partial charge on any atom is 0.348 e. The minimum Gasteiger partial charge on any atom is -0.478 e. The van der Waals surface area contributed by atoms with Crippen molar-refractivity contribution in [3.8, 4) is 11.3 Å². The van der Waals surface area contributed by atoms with E-state index in [1.165, 1.54) is 12.1 Å². The third-order valence-electron chi connectivity index (χ3n) is 2.33. The second-order valence-corrected chi connectivity index (χ2v) is 4.80. The summed E-state index contributed by atoms with van der Waals surface area (Å²) in [7, 11) is 0. The summed E-state index contributed by atoms with van der Waals surface area (Å²) in [6.45, 7) is 1.73. The Bertz CT molecular complexity index is 616. The van der Waals surface area contributed by atoms with E-state index in [9.17, 15) is 9.59 Å². The summed E-state index contributed by atoms with van der Waals surface area (Å²) in [5.74, 6) is -2.05. The average molecular weight is 263 g/mol. The van der Waals surface area contributed by atoms with Gasteiger partial charge in [-0.25, -0.2) is 14.6 Å². The molecule has 0 saturated carbocycles. The summed E-state index contributed by atoms with van der Waals surface area (Å²) in [5.41, 5.74) is 1.13. The second-order valence-electron chi connectivity index (χ2n) is 3.60. The molecule has 6 heteroatoms. The number of aryl methyl sites for hydroxylation is 1. The summed E-state index contributed by atoms with van der Waals surface area (Å²) < 4.78 is 0. The first-order chi connectivity index (χ1) is 8.49. The molecule has 0 saturated heterocycles. The topological polar surface area (TPSA) is 87.5 Å². The van der Waals surface area contributed by atoms with Crippen LogP contribution in [-0.4, -0.2) is 27.1 Å². The molecule has 0 aliphatic heterocycles. The largest absolute Gasteiger partial charge is 0.478 e. The van der Waals surface area contributed by atoms with Crippen LogP contribution in [0.25, 0.3) is 11.3 Å². The van der Waals surface area contributed by atoms with Gasteiger partial charge in [0.1, 0.15) is 4.88 Å². The Kier molecular flexibility index (Phi) is 3.12. The van der Waals surface area contributed by atoms with Crippen LogP contribution in [0.15, 0.2) is 24.3 Å². The van der Waals surface area contributed by atoms with E-state index in [1.807, 2.05) is 0 Å². The Morgan fingerprint density at radius 2 is 1.72 bits per heavy atom. The van der Waals surface area contributed by atoms with E-state index in [2.05, 4.69) is 4.98 Å². The lowest BCUT2D eigenvalue weighted by Gasteiger charge is -2.00. The molecule has 5 nitrogen and oxygen atoms in total. The highest BCUT2D eigenvalue weighted by atomic mass is 32.1. The lowest BCUT2D eigenvalue weighted by atomic mass is 10.1. The van der Waals surface area contributed by atoms with Crippen LogP contribution in [0.1, 0.15) is 25.0 Å². The van der Waals surface area contributed by atoms with E-state index in [0.717, 1.165) is 11.3 Å². The number of hydrogen-bond acceptors (Lipinski definition) is 4. The zero-order valence-electron chi connectivity index (χ0n) is 9.38. The standard InChI is InChI=1S/C12H9NO4S/c1-6-13-9(10(18-6)12(16)17)7-2-4-8(5-3-7)11(14)15/h2-5H,1H3,(H,14,15)(H,16,17). The Balaban J connectivity index is 2.48. The van der Waals surface area contributed by atoms with Gasteiger partial charge in [-0.1, -0.05) is 12.1 Å². The smallest absolute Gasteiger partial charge is 0.348 e. The van der Waals surface area contributed by atoms with Gasteiger partial charge in [-0.3, -0.25) is 0 Å². The van der Waals surface area contributed by atoms with E-state index < -0.39 is 11.9 Å². The molecule has 0 amide bonds. The number of aromatic nitrogens is 1. The van der Waals surface area contributed by atoms with Crippen molar-refractivity contribution in [1.82, 2.24) is 4.98 Å². The highest BCUT2D eigenvalue weighted by Gasteiger charge is 2.17. The van der Waals surface area contributed by atoms with Gasteiger partial charge in [0.2, 0.25) is 0 Å². The first kappa shape index (κ1) is 12.3. The number of carboxylic acid groups (broad SMARTS) is 2. The number of rotatable bonds is 3. The van der Waals surface area contributed by atoms with Crippen molar-refractivity contribution >= 4 is 23.3 Å². The fourth-order valence-corrected chi connectivity index (χ4v) is 2.32. The first-order valence-corrected chi connectivity index (χ1v) is 5.85. The summed E-state index contributed by atoms with van der Waals surface area (Å²) in [5, 5.41) is 18.5. The number of carbonyl (C=O) groups is 2. The number of hydrogen-bond donors (Lipinski definition) is 2. The summed E-state index contributed by atoms with van der Waals surface area (Å²) >= 11 is 1.10. The number of thiazole rings is 1. The Morgan fingerprint density at radius 1 is 1.11 bits per heavy atom. The van der Waals surface area contributed by atoms with Crippen molar-refractivity contribution in [3.63, 3.8) is 0 Å². The average Bonchev–Trinajstić information content (AvgIpc) is 2.71. The SMILES string of the molecule is Cc1nc(-c2ccc(C(=O)O)cc2)c(C(=O)O)s1. The van der Waals surface area contributed by atoms with Crippen molar-refractivity contribution in [2.75, 3.05) is 0 Å². The van der Waals surface area contributed by atoms with E-state index in [0.29, 0.717) is 16.3 Å². The molecule has 0 aliphatic rings. The van der Waals surface area contributed by atoms with E-state index >= 15 is 0 Å². The summed E-state index contributed by atoms with van der Waals surface area (Å²) in [6, 6.07) is 5.98. The lowest BCUT2D eigenvalue weighted by Crippen LogP contribution is -1.97. The first-order valence-electron chi connectivity index (χ1n) is 5.03. The second kappa shape index (κ2) is 4.58. The van der Waals surface area contributed by atoms with E-state index in [1.54, 1.807) is 19.1 Å². The molecule has 1 aromatic carbocycles. The fraction of sp³-hybridized carbons (Fsp3) is 0.0833. The molecule has 0 radical (unpaired) electrons. The predicted octanol–water partition coefficient (Wildman–Crippen LogP) is 2.51. The van der Waals surface area contributed by atoms with Gasteiger partial charge in [0.15, 0.2) is 0 Å². The van der Waals surface area contributed by atoms with Gasteiger partial charge in [-0.05, 0) is 19.1 Å². The van der Waals surface area contributed by atoms with Crippen LogP contribution in [-0.2, 0) is 0 Å². The van der Waals surface area contributed by atoms with Gasteiger partial charge in [0, 0.05) is 5.56 Å². The predicted molar refractivity (Wildman–Crippen MR) is 66.2 cm³/mol. The van der Waals surface area contributed by atoms with E-state index in [4.69, 9.17) is 10.2 Å². The van der Waals surface area contributed by atoms with Gasteiger partial charge in [-0.15, -0.1) is 11.3 Å². The fourth-order valence-electron chi connectivity index (χ4n) is 1.54. The normalized spacial score (nSPS) is 10.3. The maximum absolute atomic E-state index is 11.1. The Hall–Kier alpha value is -2.21. The van der Waals surface area contributed by atoms with Gasteiger partial charge in [-0.2, -0.15) is 0 Å². The van der Waals surface area contributed by atoms with Crippen molar-refractivity contribution < 1.29 is 19.8 Å². The van der Waals surface area contributed by atoms with E-state index in [-0.39, 0.29) is 10.4 Å². The number of nitrogens with zero attached hydrogens (tertiary/aromatic N) is 1. The van der Waals surface area contributed by atoms with Crippen molar-refractivity contribution in [2.24, 2.45) is 0 Å². The van der Waals surface area contributed by atoms with Crippen LogP contribution in [0, 0.1) is 6.92 Å². The zero-order valence-corrected chi connectivity index (χ0v) is 10.2. The molecule has 1 aromatic heterocycles. The molecule has 0 aliphatic carbocycles. The van der Waals surface area contributed by atoms with Crippen LogP contribution in [0.4, 0.5) is 0 Å². The van der Waals surface area contributed by atoms with Crippen LogP contribution < -0.4 is 0 Å². The Labute approximate surface area is 106 Å². The molecule has 0 unspecified atom stereocenters. The van der Waals surface area contributed by atoms with Gasteiger partial charge < -0.3 is 10.2 Å². The number of benzene rings is 1. The molecule has 0 fully saturated rings. The summed E-state index contributed by atoms with van der Waals surface area (Å²) in [6.07, 6.45) is 0. The highest BCUT2D eigenvalue weighted by Crippen LogP contribution is 2.28. The minimum absolute atomic E-state index is 0.155. The molecular formula is C12H9NO4S. The zero-order chi connectivity index (χ0) is 13.3. The highest BCUT2D eigenvalue weighted by molar-refractivity contribution is 7.14. The van der Waals surface area contributed by atoms with Crippen molar-refractivity contribution in [3.05, 3.63) is 39.7 Å². The molecule has 18 heavy (non-hydrogen) atoms. The monoisotopic (exact) mass is 263 g/mol. The molecular weight excluding hydrogens is 254 g/mol. The van der Waals surface area contributed by atoms with Crippen LogP contribution in [0.5, 0.6) is 0 Å².